The van der Waals surface area contributed by atoms with Gasteiger partial charge in [0.05, 0.1) is 0 Å². The summed E-state index contributed by atoms with van der Waals surface area (Å²) in [4.78, 5) is 0. The lowest BCUT2D eigenvalue weighted by atomic mass is 9.95. The SMILES string of the molecule is CC(C)(CN)CN.NN. The zero-order chi connectivity index (χ0) is 7.91. The standard InChI is InChI=1S/C5H14N2.H4N2/c1-5(2,3-6)4-7;1-2/h3-4,6-7H2,1-2H3;1-2H2. The van der Waals surface area contributed by atoms with Crippen LogP contribution in [0.4, 0.5) is 0 Å². The molecule has 0 rings (SSSR count). The Hall–Kier alpha value is -0.160. The van der Waals surface area contributed by atoms with E-state index in [2.05, 4.69) is 11.7 Å². The first-order valence-electron chi connectivity index (χ1n) is 2.86. The monoisotopic (exact) mass is 134 g/mol. The molecule has 0 aliphatic heterocycles. The summed E-state index contributed by atoms with van der Waals surface area (Å²) in [5.74, 6) is 8.00. The van der Waals surface area contributed by atoms with E-state index in [0.717, 1.165) is 0 Å². The van der Waals surface area contributed by atoms with Gasteiger partial charge in [0, 0.05) is 0 Å². The average Bonchev–Trinajstić information content (AvgIpc) is 1.93. The van der Waals surface area contributed by atoms with Crippen LogP contribution in [0, 0.1) is 5.41 Å². The van der Waals surface area contributed by atoms with Crippen LogP contribution >= 0.6 is 0 Å². The second-order valence-corrected chi connectivity index (χ2v) is 2.57. The summed E-state index contributed by atoms with van der Waals surface area (Å²) < 4.78 is 0. The number of hydrogen-bond acceptors (Lipinski definition) is 4. The van der Waals surface area contributed by atoms with Crippen molar-refractivity contribution in [3.05, 3.63) is 0 Å². The van der Waals surface area contributed by atoms with E-state index >= 15 is 0 Å². The van der Waals surface area contributed by atoms with E-state index in [1.54, 1.807) is 0 Å². The molecule has 4 nitrogen and oxygen atoms in total. The molecule has 0 aromatic rings. The molecule has 0 heterocycles. The van der Waals surface area contributed by atoms with E-state index in [1.165, 1.54) is 0 Å². The van der Waals surface area contributed by atoms with Crippen molar-refractivity contribution in [1.29, 1.82) is 0 Å². The molecule has 0 aliphatic carbocycles. The van der Waals surface area contributed by atoms with Crippen LogP contribution in [-0.2, 0) is 0 Å². The van der Waals surface area contributed by atoms with Crippen LogP contribution < -0.4 is 23.2 Å². The Bertz CT molecular complexity index is 46.9. The lowest BCUT2D eigenvalue weighted by molar-refractivity contribution is 0.393. The van der Waals surface area contributed by atoms with E-state index in [-0.39, 0.29) is 5.41 Å². The summed E-state index contributed by atoms with van der Waals surface area (Å²) >= 11 is 0. The average molecular weight is 134 g/mol. The number of nitrogens with two attached hydrogens (primary N) is 4. The zero-order valence-corrected chi connectivity index (χ0v) is 6.22. The Balaban J connectivity index is 0. The summed E-state index contributed by atoms with van der Waals surface area (Å²) in [6.45, 7) is 5.44. The fourth-order valence-corrected chi connectivity index (χ4v) is 0.0833. The van der Waals surface area contributed by atoms with Gasteiger partial charge in [0.25, 0.3) is 0 Å². The van der Waals surface area contributed by atoms with Crippen molar-refractivity contribution in [2.75, 3.05) is 13.1 Å². The second kappa shape index (κ2) is 5.97. The Labute approximate surface area is 56.5 Å². The number of hydrazine groups is 1. The van der Waals surface area contributed by atoms with Crippen LogP contribution in [0.25, 0.3) is 0 Å². The molecule has 58 valence electrons. The lowest BCUT2D eigenvalue weighted by Gasteiger charge is -2.18. The van der Waals surface area contributed by atoms with Gasteiger partial charge < -0.3 is 11.5 Å². The summed E-state index contributed by atoms with van der Waals surface area (Å²) in [7, 11) is 0. The fourth-order valence-electron chi connectivity index (χ4n) is 0.0833. The van der Waals surface area contributed by atoms with E-state index in [4.69, 9.17) is 11.5 Å². The molecule has 9 heavy (non-hydrogen) atoms. The first-order valence-corrected chi connectivity index (χ1v) is 2.86. The molecule has 0 bridgehead atoms. The third-order valence-corrected chi connectivity index (χ3v) is 1.11. The molecule has 0 saturated carbocycles. The summed E-state index contributed by atoms with van der Waals surface area (Å²) in [6, 6.07) is 0. The maximum absolute atomic E-state index is 5.34. The van der Waals surface area contributed by atoms with Crippen molar-refractivity contribution in [3.63, 3.8) is 0 Å². The highest BCUT2D eigenvalue weighted by molar-refractivity contribution is 4.68. The quantitative estimate of drug-likeness (QED) is 0.280. The van der Waals surface area contributed by atoms with Gasteiger partial charge in [0.2, 0.25) is 0 Å². The first-order chi connectivity index (χ1) is 4.12. The normalized spacial score (nSPS) is 10.0. The third-order valence-electron chi connectivity index (χ3n) is 1.11. The molecule has 0 fully saturated rings. The molecule has 0 aliphatic rings. The van der Waals surface area contributed by atoms with Crippen LogP contribution in [0.1, 0.15) is 13.8 Å². The molecule has 0 atom stereocenters. The van der Waals surface area contributed by atoms with Gasteiger partial charge in [0.1, 0.15) is 0 Å². The Kier molecular flexibility index (Phi) is 7.70. The number of rotatable bonds is 2. The van der Waals surface area contributed by atoms with Crippen molar-refractivity contribution in [2.45, 2.75) is 13.8 Å². The predicted octanol–water partition coefficient (Wildman–Crippen LogP) is -1.25. The summed E-state index contributed by atoms with van der Waals surface area (Å²) in [6.07, 6.45) is 0. The van der Waals surface area contributed by atoms with Crippen molar-refractivity contribution >= 4 is 0 Å². The van der Waals surface area contributed by atoms with Crippen LogP contribution in [0.3, 0.4) is 0 Å². The zero-order valence-electron chi connectivity index (χ0n) is 6.22. The highest BCUT2D eigenvalue weighted by Crippen LogP contribution is 2.07. The smallest absolute Gasteiger partial charge is 0.00138 e. The van der Waals surface area contributed by atoms with Crippen molar-refractivity contribution < 1.29 is 0 Å². The lowest BCUT2D eigenvalue weighted by Crippen LogP contribution is -2.31. The number of hydrogen-bond donors (Lipinski definition) is 4. The molecule has 4 heteroatoms. The molecule has 0 unspecified atom stereocenters. The fraction of sp³-hybridized carbons (Fsp3) is 1.00. The second-order valence-electron chi connectivity index (χ2n) is 2.57. The van der Waals surface area contributed by atoms with Crippen LogP contribution in [-0.4, -0.2) is 13.1 Å². The minimum Gasteiger partial charge on any atom is -0.330 e. The van der Waals surface area contributed by atoms with Crippen molar-refractivity contribution in [1.82, 2.24) is 0 Å². The van der Waals surface area contributed by atoms with Crippen LogP contribution in [0.15, 0.2) is 0 Å². The van der Waals surface area contributed by atoms with Crippen LogP contribution in [0.2, 0.25) is 0 Å². The highest BCUT2D eigenvalue weighted by Gasteiger charge is 2.10. The van der Waals surface area contributed by atoms with Gasteiger partial charge in [-0.15, -0.1) is 0 Å². The van der Waals surface area contributed by atoms with Gasteiger partial charge >= 0.3 is 0 Å². The molecular weight excluding hydrogens is 116 g/mol. The molecule has 0 aromatic carbocycles. The topological polar surface area (TPSA) is 104 Å². The Morgan fingerprint density at radius 3 is 1.22 bits per heavy atom. The minimum absolute atomic E-state index is 0.139. The molecule has 0 radical (unpaired) electrons. The van der Waals surface area contributed by atoms with Crippen molar-refractivity contribution in [2.24, 2.45) is 28.6 Å². The molecule has 8 N–H and O–H groups in total. The Morgan fingerprint density at radius 1 is 1.00 bits per heavy atom. The maximum atomic E-state index is 5.34. The molecule has 0 aromatic heterocycles. The Morgan fingerprint density at radius 2 is 1.22 bits per heavy atom. The van der Waals surface area contributed by atoms with E-state index in [1.807, 2.05) is 13.8 Å². The van der Waals surface area contributed by atoms with Gasteiger partial charge in [-0.25, -0.2) is 0 Å². The third kappa shape index (κ3) is 7.84. The van der Waals surface area contributed by atoms with Gasteiger partial charge in [-0.05, 0) is 18.5 Å². The highest BCUT2D eigenvalue weighted by atomic mass is 15.0. The molecule has 0 amide bonds. The largest absolute Gasteiger partial charge is 0.330 e. The molecule has 0 spiro atoms. The minimum atomic E-state index is 0.139. The molecular formula is C5H18N4. The van der Waals surface area contributed by atoms with E-state index in [0.29, 0.717) is 13.1 Å². The first kappa shape index (κ1) is 11.6. The maximum Gasteiger partial charge on any atom is -0.00138 e. The predicted molar refractivity (Wildman–Crippen MR) is 40.3 cm³/mol. The van der Waals surface area contributed by atoms with Gasteiger partial charge in [-0.1, -0.05) is 13.8 Å². The van der Waals surface area contributed by atoms with E-state index in [9.17, 15) is 0 Å². The van der Waals surface area contributed by atoms with Crippen LogP contribution in [0.5, 0.6) is 0 Å². The van der Waals surface area contributed by atoms with Crippen molar-refractivity contribution in [3.8, 4) is 0 Å². The summed E-state index contributed by atoms with van der Waals surface area (Å²) in [5, 5.41) is 0. The molecule has 0 saturated heterocycles. The van der Waals surface area contributed by atoms with E-state index < -0.39 is 0 Å². The van der Waals surface area contributed by atoms with Gasteiger partial charge in [0.15, 0.2) is 0 Å². The van der Waals surface area contributed by atoms with Gasteiger partial charge in [-0.3, -0.25) is 11.7 Å². The van der Waals surface area contributed by atoms with Gasteiger partial charge in [-0.2, -0.15) is 0 Å². The summed E-state index contributed by atoms with van der Waals surface area (Å²) in [5.41, 5.74) is 10.8.